The van der Waals surface area contributed by atoms with Crippen LogP contribution in [0, 0.1) is 0 Å². The van der Waals surface area contributed by atoms with E-state index < -0.39 is 11.2 Å². The molecule has 0 aliphatic heterocycles. The molecule has 2 heterocycles. The molecule has 1 aliphatic rings. The fraction of sp³-hybridized carbons (Fsp3) is 0.200. The van der Waals surface area contributed by atoms with E-state index in [0.29, 0.717) is 28.3 Å². The van der Waals surface area contributed by atoms with Crippen LogP contribution in [0.3, 0.4) is 0 Å². The second-order valence-corrected chi connectivity index (χ2v) is 8.27. The van der Waals surface area contributed by atoms with Gasteiger partial charge in [0.2, 0.25) is 0 Å². The van der Waals surface area contributed by atoms with Gasteiger partial charge >= 0.3 is 5.69 Å². The zero-order valence-corrected chi connectivity index (χ0v) is 17.8. The number of ketones is 1. The van der Waals surface area contributed by atoms with E-state index in [1.54, 1.807) is 13.1 Å². The maximum Gasteiger partial charge on any atom is 0.332 e. The van der Waals surface area contributed by atoms with E-state index in [1.807, 2.05) is 42.5 Å². The van der Waals surface area contributed by atoms with Crippen molar-refractivity contribution in [3.8, 4) is 22.4 Å². The highest BCUT2D eigenvalue weighted by Gasteiger charge is 2.34. The molecule has 0 saturated carbocycles. The van der Waals surface area contributed by atoms with Crippen LogP contribution < -0.4 is 11.2 Å². The van der Waals surface area contributed by atoms with Crippen LogP contribution in [0.25, 0.3) is 33.4 Å². The lowest BCUT2D eigenvalue weighted by atomic mass is 9.93. The van der Waals surface area contributed by atoms with Crippen molar-refractivity contribution in [3.63, 3.8) is 0 Å². The third-order valence-electron chi connectivity index (χ3n) is 6.11. The van der Waals surface area contributed by atoms with E-state index in [0.717, 1.165) is 21.3 Å². The number of fused-ring (bicyclic) bond motifs is 4. The van der Waals surface area contributed by atoms with Gasteiger partial charge in [0.25, 0.3) is 5.56 Å². The fourth-order valence-electron chi connectivity index (χ4n) is 4.35. The number of aryl methyl sites for hydroxylation is 1. The Morgan fingerprint density at radius 1 is 0.806 bits per heavy atom. The average molecular weight is 411 g/mol. The van der Waals surface area contributed by atoms with Gasteiger partial charge in [-0.05, 0) is 17.0 Å². The summed E-state index contributed by atoms with van der Waals surface area (Å²) in [7, 11) is 3.04. The first-order valence-corrected chi connectivity index (χ1v) is 10.2. The van der Waals surface area contributed by atoms with Gasteiger partial charge in [-0.2, -0.15) is 0 Å². The Morgan fingerprint density at radius 2 is 1.45 bits per heavy atom. The third-order valence-corrected chi connectivity index (χ3v) is 6.11. The summed E-state index contributed by atoms with van der Waals surface area (Å²) in [5, 5.41) is 0.279. The number of nitrogens with zero attached hydrogens (tertiary/aromatic N) is 3. The molecule has 0 bridgehead atoms. The Bertz CT molecular complexity index is 1520. The van der Waals surface area contributed by atoms with Gasteiger partial charge in [0.1, 0.15) is 0 Å². The molecule has 6 nitrogen and oxygen atoms in total. The van der Waals surface area contributed by atoms with Gasteiger partial charge in [0, 0.05) is 30.8 Å². The quantitative estimate of drug-likeness (QED) is 0.445. The highest BCUT2D eigenvalue weighted by atomic mass is 16.2. The number of carbonyl (C=O) groups is 1. The van der Waals surface area contributed by atoms with Crippen molar-refractivity contribution in [2.24, 2.45) is 14.1 Å². The van der Waals surface area contributed by atoms with Crippen LogP contribution in [-0.2, 0) is 14.1 Å². The second-order valence-electron chi connectivity index (χ2n) is 8.27. The number of rotatable bonds is 2. The molecule has 154 valence electrons. The number of carbonyl (C=O) groups excluding carboxylic acids is 1. The lowest BCUT2D eigenvalue weighted by Crippen LogP contribution is -2.37. The summed E-state index contributed by atoms with van der Waals surface area (Å²) >= 11 is 0. The van der Waals surface area contributed by atoms with E-state index in [2.05, 4.69) is 18.8 Å². The monoisotopic (exact) mass is 411 g/mol. The molecule has 0 radical (unpaired) electrons. The lowest BCUT2D eigenvalue weighted by Gasteiger charge is -2.15. The van der Waals surface area contributed by atoms with Crippen molar-refractivity contribution in [2.45, 2.75) is 19.8 Å². The standard InChI is InChI=1S/C25H21N3O3/c1-13(2)14-9-11-15(12-10-14)18-19-21(16-7-5-6-8-17(16)22(19)29)26-23-20(18)24(30)28(4)25(31)27(23)3/h5-13H,1-4H3. The molecule has 2 aromatic carbocycles. The van der Waals surface area contributed by atoms with Gasteiger partial charge in [-0.3, -0.25) is 18.7 Å². The zero-order chi connectivity index (χ0) is 22.0. The van der Waals surface area contributed by atoms with Crippen LogP contribution in [0.4, 0.5) is 0 Å². The van der Waals surface area contributed by atoms with Gasteiger partial charge in [0.05, 0.1) is 16.6 Å². The minimum atomic E-state index is -0.458. The number of pyridine rings is 1. The van der Waals surface area contributed by atoms with Gasteiger partial charge < -0.3 is 0 Å². The predicted molar refractivity (Wildman–Crippen MR) is 121 cm³/mol. The van der Waals surface area contributed by atoms with Crippen molar-refractivity contribution in [3.05, 3.63) is 86.1 Å². The first-order valence-electron chi connectivity index (χ1n) is 10.2. The van der Waals surface area contributed by atoms with Gasteiger partial charge in [0.15, 0.2) is 11.4 Å². The van der Waals surface area contributed by atoms with Crippen molar-refractivity contribution in [2.75, 3.05) is 0 Å². The molecule has 0 N–H and O–H groups in total. The molecule has 2 aromatic heterocycles. The minimum absolute atomic E-state index is 0.154. The summed E-state index contributed by atoms with van der Waals surface area (Å²) < 4.78 is 2.43. The molecule has 0 amide bonds. The first kappa shape index (κ1) is 19.2. The normalized spacial score (nSPS) is 12.5. The molecule has 5 rings (SSSR count). The molecule has 0 atom stereocenters. The zero-order valence-electron chi connectivity index (χ0n) is 17.8. The van der Waals surface area contributed by atoms with Crippen LogP contribution in [0.5, 0.6) is 0 Å². The highest BCUT2D eigenvalue weighted by molar-refractivity contribution is 6.26. The summed E-state index contributed by atoms with van der Waals surface area (Å²) in [6, 6.07) is 15.2. The molecule has 0 saturated heterocycles. The largest absolute Gasteiger partial charge is 0.332 e. The topological polar surface area (TPSA) is 74.0 Å². The predicted octanol–water partition coefficient (Wildman–Crippen LogP) is 3.63. The fourth-order valence-corrected chi connectivity index (χ4v) is 4.35. The number of hydrogen-bond acceptors (Lipinski definition) is 4. The van der Waals surface area contributed by atoms with Crippen LogP contribution in [0.1, 0.15) is 41.3 Å². The SMILES string of the molecule is CC(C)c1ccc(-c2c3c(nc4c2c(=O)n(C)c(=O)n4C)-c2ccccc2C3=O)cc1. The third kappa shape index (κ3) is 2.57. The maximum absolute atomic E-state index is 13.4. The van der Waals surface area contributed by atoms with Crippen molar-refractivity contribution >= 4 is 16.8 Å². The summed E-state index contributed by atoms with van der Waals surface area (Å²) in [6.07, 6.45) is 0. The number of benzene rings is 2. The molecule has 0 unspecified atom stereocenters. The van der Waals surface area contributed by atoms with Crippen molar-refractivity contribution in [1.29, 1.82) is 0 Å². The Hall–Kier alpha value is -3.80. The van der Waals surface area contributed by atoms with E-state index in [4.69, 9.17) is 0 Å². The Labute approximate surface area is 178 Å². The Morgan fingerprint density at radius 3 is 2.10 bits per heavy atom. The van der Waals surface area contributed by atoms with Crippen molar-refractivity contribution < 1.29 is 4.79 Å². The van der Waals surface area contributed by atoms with Gasteiger partial charge in [-0.15, -0.1) is 0 Å². The van der Waals surface area contributed by atoms with Crippen LogP contribution in [0.15, 0.2) is 58.1 Å². The van der Waals surface area contributed by atoms with Crippen LogP contribution in [0.2, 0.25) is 0 Å². The second kappa shape index (κ2) is 6.60. The average Bonchev–Trinajstić information content (AvgIpc) is 3.07. The highest BCUT2D eigenvalue weighted by Crippen LogP contribution is 2.42. The van der Waals surface area contributed by atoms with Gasteiger partial charge in [-0.25, -0.2) is 9.78 Å². The smallest absolute Gasteiger partial charge is 0.288 e. The van der Waals surface area contributed by atoms with E-state index >= 15 is 0 Å². The Kier molecular flexibility index (Phi) is 4.09. The van der Waals surface area contributed by atoms with Crippen molar-refractivity contribution in [1.82, 2.24) is 14.1 Å². The number of aromatic nitrogens is 3. The van der Waals surface area contributed by atoms with E-state index in [9.17, 15) is 14.4 Å². The number of hydrogen-bond donors (Lipinski definition) is 0. The molecule has 6 heteroatoms. The van der Waals surface area contributed by atoms with Crippen LogP contribution in [-0.4, -0.2) is 19.9 Å². The minimum Gasteiger partial charge on any atom is -0.288 e. The molecule has 31 heavy (non-hydrogen) atoms. The molecule has 0 spiro atoms. The molecule has 4 aromatic rings. The summed E-state index contributed by atoms with van der Waals surface area (Å²) in [5.41, 5.74) is 4.02. The summed E-state index contributed by atoms with van der Waals surface area (Å²) in [4.78, 5) is 44.0. The summed E-state index contributed by atoms with van der Waals surface area (Å²) in [5.74, 6) is 0.201. The molecule has 0 fully saturated rings. The molecule has 1 aliphatic carbocycles. The maximum atomic E-state index is 13.4. The van der Waals surface area contributed by atoms with E-state index in [-0.39, 0.29) is 16.8 Å². The molecular formula is C25H21N3O3. The molecular weight excluding hydrogens is 390 g/mol. The summed E-state index contributed by atoms with van der Waals surface area (Å²) in [6.45, 7) is 4.22. The Balaban J connectivity index is 1.99. The van der Waals surface area contributed by atoms with E-state index in [1.165, 1.54) is 11.6 Å². The first-order chi connectivity index (χ1) is 14.8. The lowest BCUT2D eigenvalue weighted by molar-refractivity contribution is 0.104. The van der Waals surface area contributed by atoms with Gasteiger partial charge in [-0.1, -0.05) is 62.4 Å². The van der Waals surface area contributed by atoms with Crippen LogP contribution >= 0.6 is 0 Å².